The average molecular weight is 312 g/mol. The number of aryl methyl sites for hydroxylation is 1. The largest absolute Gasteiger partial charge is 0.383 e. The molecule has 3 nitrogen and oxygen atoms in total. The predicted octanol–water partition coefficient (Wildman–Crippen LogP) is 4.56. The van der Waals surface area contributed by atoms with Crippen molar-refractivity contribution in [3.8, 4) is 11.1 Å². The summed E-state index contributed by atoms with van der Waals surface area (Å²) in [6.45, 7) is 4.36. The van der Waals surface area contributed by atoms with Crippen LogP contribution in [-0.4, -0.2) is 9.78 Å². The highest BCUT2D eigenvalue weighted by molar-refractivity contribution is 6.39. The van der Waals surface area contributed by atoms with Crippen molar-refractivity contribution in [1.29, 1.82) is 0 Å². The predicted molar refractivity (Wildman–Crippen MR) is 86.2 cm³/mol. The molecule has 108 valence electrons. The van der Waals surface area contributed by atoms with E-state index in [4.69, 9.17) is 28.9 Å². The van der Waals surface area contributed by atoms with Gasteiger partial charge in [-0.15, -0.1) is 0 Å². The molecule has 2 aromatic rings. The molecule has 0 amide bonds. The second-order valence-electron chi connectivity index (χ2n) is 5.14. The first-order valence-electron chi connectivity index (χ1n) is 6.71. The van der Waals surface area contributed by atoms with Gasteiger partial charge in [0.15, 0.2) is 0 Å². The zero-order valence-electron chi connectivity index (χ0n) is 12.0. The van der Waals surface area contributed by atoms with Crippen molar-refractivity contribution in [2.45, 2.75) is 26.7 Å². The summed E-state index contributed by atoms with van der Waals surface area (Å²) in [5.41, 5.74) is 8.77. The lowest BCUT2D eigenvalue weighted by Gasteiger charge is -2.11. The van der Waals surface area contributed by atoms with Crippen molar-refractivity contribution in [2.24, 2.45) is 13.0 Å². The molecule has 0 saturated carbocycles. The number of benzene rings is 1. The second-order valence-corrected chi connectivity index (χ2v) is 5.96. The molecule has 0 aliphatic rings. The van der Waals surface area contributed by atoms with Gasteiger partial charge in [0.2, 0.25) is 0 Å². The molecule has 0 radical (unpaired) electrons. The van der Waals surface area contributed by atoms with Gasteiger partial charge in [-0.2, -0.15) is 5.10 Å². The third-order valence-electron chi connectivity index (χ3n) is 3.62. The smallest absolute Gasteiger partial charge is 0.129 e. The minimum Gasteiger partial charge on any atom is -0.383 e. The summed E-state index contributed by atoms with van der Waals surface area (Å²) < 4.78 is 1.69. The molecule has 20 heavy (non-hydrogen) atoms. The monoisotopic (exact) mass is 311 g/mol. The Morgan fingerprint density at radius 3 is 2.40 bits per heavy atom. The minimum absolute atomic E-state index is 0.532. The average Bonchev–Trinajstić information content (AvgIpc) is 2.66. The van der Waals surface area contributed by atoms with E-state index in [2.05, 4.69) is 18.9 Å². The van der Waals surface area contributed by atoms with Crippen molar-refractivity contribution in [1.82, 2.24) is 9.78 Å². The van der Waals surface area contributed by atoms with Gasteiger partial charge in [0, 0.05) is 18.2 Å². The Morgan fingerprint density at radius 1 is 1.25 bits per heavy atom. The van der Waals surface area contributed by atoms with Crippen molar-refractivity contribution in [3.63, 3.8) is 0 Å². The summed E-state index contributed by atoms with van der Waals surface area (Å²) in [5.74, 6) is 1.13. The van der Waals surface area contributed by atoms with Gasteiger partial charge in [0.05, 0.1) is 15.7 Å². The Kier molecular flexibility index (Phi) is 4.61. The highest BCUT2D eigenvalue weighted by Gasteiger charge is 2.21. The normalized spacial score (nSPS) is 12.7. The van der Waals surface area contributed by atoms with Crippen LogP contribution in [0.4, 0.5) is 5.82 Å². The molecule has 1 aromatic heterocycles. The molecular weight excluding hydrogens is 293 g/mol. The molecule has 1 heterocycles. The number of rotatable bonds is 4. The van der Waals surface area contributed by atoms with E-state index in [1.54, 1.807) is 4.68 Å². The Balaban J connectivity index is 2.61. The Morgan fingerprint density at radius 2 is 1.85 bits per heavy atom. The van der Waals surface area contributed by atoms with E-state index >= 15 is 0 Å². The van der Waals surface area contributed by atoms with E-state index in [9.17, 15) is 0 Å². The van der Waals surface area contributed by atoms with E-state index < -0.39 is 0 Å². The Bertz CT molecular complexity index is 600. The number of halogens is 2. The van der Waals surface area contributed by atoms with Crippen LogP contribution in [0.25, 0.3) is 11.1 Å². The SMILES string of the molecule is CCC(C)Cc1nn(C)c(N)c1-c1c(Cl)cccc1Cl. The van der Waals surface area contributed by atoms with E-state index in [0.717, 1.165) is 29.7 Å². The summed E-state index contributed by atoms with van der Waals surface area (Å²) in [6.07, 6.45) is 1.95. The fourth-order valence-corrected chi connectivity index (χ4v) is 2.81. The van der Waals surface area contributed by atoms with Crippen LogP contribution >= 0.6 is 23.2 Å². The summed E-state index contributed by atoms with van der Waals surface area (Å²) in [4.78, 5) is 0. The third-order valence-corrected chi connectivity index (χ3v) is 4.25. The van der Waals surface area contributed by atoms with E-state index in [1.807, 2.05) is 25.2 Å². The summed E-state index contributed by atoms with van der Waals surface area (Å²) in [6, 6.07) is 5.47. The van der Waals surface area contributed by atoms with Gasteiger partial charge in [-0.05, 0) is 24.5 Å². The maximum Gasteiger partial charge on any atom is 0.129 e. The molecule has 0 aliphatic carbocycles. The third kappa shape index (κ3) is 2.79. The van der Waals surface area contributed by atoms with Crippen LogP contribution in [-0.2, 0) is 13.5 Å². The first-order chi connectivity index (χ1) is 9.45. The number of hydrogen-bond acceptors (Lipinski definition) is 2. The van der Waals surface area contributed by atoms with Gasteiger partial charge in [-0.1, -0.05) is 49.5 Å². The molecule has 0 aliphatic heterocycles. The standard InChI is InChI=1S/C15H19Cl2N3/c1-4-9(2)8-12-14(15(18)20(3)19-12)13-10(16)6-5-7-11(13)17/h5-7,9H,4,8,18H2,1-3H3. The quantitative estimate of drug-likeness (QED) is 0.899. The van der Waals surface area contributed by atoms with Crippen molar-refractivity contribution in [3.05, 3.63) is 33.9 Å². The van der Waals surface area contributed by atoms with Crippen LogP contribution in [0.5, 0.6) is 0 Å². The number of nitrogens with two attached hydrogens (primary N) is 1. The zero-order valence-corrected chi connectivity index (χ0v) is 13.5. The summed E-state index contributed by atoms with van der Waals surface area (Å²) in [7, 11) is 1.84. The molecule has 0 spiro atoms. The lowest BCUT2D eigenvalue weighted by Crippen LogP contribution is -2.01. The maximum absolute atomic E-state index is 6.31. The van der Waals surface area contributed by atoms with Crippen molar-refractivity contribution < 1.29 is 0 Å². The van der Waals surface area contributed by atoms with Crippen LogP contribution < -0.4 is 5.73 Å². The highest BCUT2D eigenvalue weighted by Crippen LogP contribution is 2.40. The van der Waals surface area contributed by atoms with E-state index in [0.29, 0.717) is 21.8 Å². The van der Waals surface area contributed by atoms with Crippen LogP contribution in [0.1, 0.15) is 26.0 Å². The molecule has 0 saturated heterocycles. The Hall–Kier alpha value is -1.19. The van der Waals surface area contributed by atoms with E-state index in [1.165, 1.54) is 0 Å². The first-order valence-corrected chi connectivity index (χ1v) is 7.47. The van der Waals surface area contributed by atoms with Crippen molar-refractivity contribution >= 4 is 29.0 Å². The fourth-order valence-electron chi connectivity index (χ4n) is 2.22. The second kappa shape index (κ2) is 6.06. The van der Waals surface area contributed by atoms with Gasteiger partial charge in [0.1, 0.15) is 5.82 Å². The number of hydrogen-bond donors (Lipinski definition) is 1. The molecule has 0 bridgehead atoms. The van der Waals surface area contributed by atoms with Gasteiger partial charge in [0.25, 0.3) is 0 Å². The number of nitrogens with zero attached hydrogens (tertiary/aromatic N) is 2. The topological polar surface area (TPSA) is 43.8 Å². The number of nitrogen functional groups attached to an aromatic ring is 1. The van der Waals surface area contributed by atoms with Gasteiger partial charge >= 0.3 is 0 Å². The summed E-state index contributed by atoms with van der Waals surface area (Å²) >= 11 is 12.6. The Labute approximate surface area is 129 Å². The van der Waals surface area contributed by atoms with Crippen molar-refractivity contribution in [2.75, 3.05) is 5.73 Å². The highest BCUT2D eigenvalue weighted by atomic mass is 35.5. The molecule has 1 unspecified atom stereocenters. The molecular formula is C15H19Cl2N3. The lowest BCUT2D eigenvalue weighted by molar-refractivity contribution is 0.547. The van der Waals surface area contributed by atoms with Gasteiger partial charge < -0.3 is 5.73 Å². The molecule has 1 aromatic carbocycles. The molecule has 2 rings (SSSR count). The van der Waals surface area contributed by atoms with Gasteiger partial charge in [-0.25, -0.2) is 0 Å². The zero-order chi connectivity index (χ0) is 14.9. The van der Waals surface area contributed by atoms with Crippen LogP contribution in [0.3, 0.4) is 0 Å². The van der Waals surface area contributed by atoms with Crippen LogP contribution in [0.15, 0.2) is 18.2 Å². The summed E-state index contributed by atoms with van der Waals surface area (Å²) in [5, 5.41) is 5.73. The first kappa shape index (κ1) is 15.2. The van der Waals surface area contributed by atoms with Crippen LogP contribution in [0.2, 0.25) is 10.0 Å². The number of aromatic nitrogens is 2. The minimum atomic E-state index is 0.532. The molecule has 1 atom stereocenters. The van der Waals surface area contributed by atoms with Gasteiger partial charge in [-0.3, -0.25) is 4.68 Å². The van der Waals surface area contributed by atoms with Crippen LogP contribution in [0, 0.1) is 5.92 Å². The fraction of sp³-hybridized carbons (Fsp3) is 0.400. The van der Waals surface area contributed by atoms with E-state index in [-0.39, 0.29) is 0 Å². The molecule has 2 N–H and O–H groups in total. The lowest BCUT2D eigenvalue weighted by atomic mass is 9.97. The molecule has 0 fully saturated rings. The number of anilines is 1. The maximum atomic E-state index is 6.31. The molecule has 5 heteroatoms.